The minimum Gasteiger partial charge on any atom is -0.294 e. The van der Waals surface area contributed by atoms with E-state index in [1.54, 1.807) is 11.3 Å². The Bertz CT molecular complexity index is 977. The van der Waals surface area contributed by atoms with E-state index in [2.05, 4.69) is 39.7 Å². The Morgan fingerprint density at radius 1 is 1.07 bits per heavy atom. The van der Waals surface area contributed by atoms with E-state index in [0.29, 0.717) is 5.56 Å². The number of carbonyl (C=O) groups excluding carboxylic acids is 1. The molecule has 2 aromatic carbocycles. The molecule has 4 rings (SSSR count). The summed E-state index contributed by atoms with van der Waals surface area (Å²) in [5.74, 6) is -0.186. The maximum Gasteiger partial charge on any atom is 0.271 e. The van der Waals surface area contributed by atoms with Gasteiger partial charge < -0.3 is 0 Å². The van der Waals surface area contributed by atoms with Gasteiger partial charge in [-0.1, -0.05) is 42.5 Å². The summed E-state index contributed by atoms with van der Waals surface area (Å²) >= 11 is 1.61. The Kier molecular flexibility index (Phi) is 5.65. The van der Waals surface area contributed by atoms with Gasteiger partial charge in [0.05, 0.1) is 5.71 Å². The fourth-order valence-electron chi connectivity index (χ4n) is 3.45. The predicted octanol–water partition coefficient (Wildman–Crippen LogP) is 4.46. The van der Waals surface area contributed by atoms with Crippen LogP contribution in [0.15, 0.2) is 71.1 Å². The first kappa shape index (κ1) is 18.6. The van der Waals surface area contributed by atoms with E-state index in [9.17, 15) is 4.79 Å². The molecule has 0 saturated heterocycles. The molecule has 0 atom stereocenters. The van der Waals surface area contributed by atoms with Crippen molar-refractivity contribution in [2.75, 3.05) is 6.54 Å². The van der Waals surface area contributed by atoms with Crippen LogP contribution >= 0.6 is 11.3 Å². The Hall–Kier alpha value is -2.76. The summed E-state index contributed by atoms with van der Waals surface area (Å²) in [5, 5.41) is 6.20. The van der Waals surface area contributed by atoms with Crippen molar-refractivity contribution in [3.05, 3.63) is 93.2 Å². The number of benzene rings is 2. The van der Waals surface area contributed by atoms with Crippen LogP contribution in [-0.4, -0.2) is 23.1 Å². The van der Waals surface area contributed by atoms with Crippen LogP contribution in [0.1, 0.15) is 38.8 Å². The van der Waals surface area contributed by atoms with Crippen molar-refractivity contribution in [2.24, 2.45) is 5.10 Å². The maximum absolute atomic E-state index is 12.3. The molecule has 0 radical (unpaired) electrons. The molecule has 0 spiro atoms. The second kappa shape index (κ2) is 8.50. The number of amides is 1. The molecule has 1 aliphatic rings. The Morgan fingerprint density at radius 3 is 2.61 bits per heavy atom. The largest absolute Gasteiger partial charge is 0.294 e. The van der Waals surface area contributed by atoms with Gasteiger partial charge in [0.2, 0.25) is 0 Å². The highest BCUT2D eigenvalue weighted by atomic mass is 32.1. The molecule has 28 heavy (non-hydrogen) atoms. The van der Waals surface area contributed by atoms with Gasteiger partial charge in [0.1, 0.15) is 0 Å². The van der Waals surface area contributed by atoms with Crippen molar-refractivity contribution in [1.82, 2.24) is 10.3 Å². The van der Waals surface area contributed by atoms with Gasteiger partial charge >= 0.3 is 0 Å². The average molecular weight is 390 g/mol. The quantitative estimate of drug-likeness (QED) is 0.517. The third-order valence-electron chi connectivity index (χ3n) is 5.03. The van der Waals surface area contributed by atoms with Crippen LogP contribution in [0.2, 0.25) is 0 Å². The molecule has 3 aromatic rings. The van der Waals surface area contributed by atoms with E-state index in [-0.39, 0.29) is 5.91 Å². The van der Waals surface area contributed by atoms with Crippen molar-refractivity contribution in [1.29, 1.82) is 0 Å². The molecule has 1 aliphatic heterocycles. The molecule has 5 heteroatoms. The van der Waals surface area contributed by atoms with Crippen LogP contribution in [0, 0.1) is 0 Å². The van der Waals surface area contributed by atoms with Crippen LogP contribution in [0.25, 0.3) is 0 Å². The highest BCUT2D eigenvalue weighted by Crippen LogP contribution is 2.20. The summed E-state index contributed by atoms with van der Waals surface area (Å²) in [5.41, 5.74) is 8.17. The summed E-state index contributed by atoms with van der Waals surface area (Å²) in [4.78, 5) is 15.8. The van der Waals surface area contributed by atoms with E-state index in [1.807, 2.05) is 48.7 Å². The van der Waals surface area contributed by atoms with E-state index >= 15 is 0 Å². The highest BCUT2D eigenvalue weighted by Gasteiger charge is 2.16. The molecule has 1 aromatic heterocycles. The number of rotatable bonds is 5. The first-order valence-electron chi connectivity index (χ1n) is 9.45. The summed E-state index contributed by atoms with van der Waals surface area (Å²) in [6.45, 7) is 4.84. The zero-order valence-electron chi connectivity index (χ0n) is 15.9. The SMILES string of the molecule is C/C(=N/NC(=O)c1ccc(CN2CCc3ccccc3C2)cc1)c1cccs1. The van der Waals surface area contributed by atoms with Crippen LogP contribution < -0.4 is 5.43 Å². The molecule has 142 valence electrons. The van der Waals surface area contributed by atoms with Crippen molar-refractivity contribution in [3.8, 4) is 0 Å². The Morgan fingerprint density at radius 2 is 1.86 bits per heavy atom. The zero-order valence-corrected chi connectivity index (χ0v) is 16.7. The highest BCUT2D eigenvalue weighted by molar-refractivity contribution is 7.12. The molecule has 1 amide bonds. The van der Waals surface area contributed by atoms with Gasteiger partial charge in [-0.3, -0.25) is 9.69 Å². The van der Waals surface area contributed by atoms with Crippen molar-refractivity contribution < 1.29 is 4.79 Å². The standard InChI is InChI=1S/C23H23N3OS/c1-17(22-7-4-14-28-22)24-25-23(27)20-10-8-18(9-11-20)15-26-13-12-19-5-2-3-6-21(19)16-26/h2-11,14H,12-13,15-16H2,1H3,(H,25,27)/b24-17-. The second-order valence-electron chi connectivity index (χ2n) is 7.04. The number of thiophene rings is 1. The predicted molar refractivity (Wildman–Crippen MR) is 115 cm³/mol. The van der Waals surface area contributed by atoms with Gasteiger partial charge in [-0.2, -0.15) is 5.10 Å². The van der Waals surface area contributed by atoms with E-state index in [0.717, 1.165) is 36.6 Å². The van der Waals surface area contributed by atoms with Gasteiger partial charge in [0.15, 0.2) is 0 Å². The van der Waals surface area contributed by atoms with Gasteiger partial charge in [0.25, 0.3) is 5.91 Å². The molecule has 4 nitrogen and oxygen atoms in total. The van der Waals surface area contributed by atoms with E-state index in [4.69, 9.17) is 0 Å². The number of nitrogens with one attached hydrogen (secondary N) is 1. The minimum atomic E-state index is -0.186. The zero-order chi connectivity index (χ0) is 19.3. The Labute approximate surface area is 169 Å². The molecular formula is C23H23N3OS. The smallest absolute Gasteiger partial charge is 0.271 e. The summed E-state index contributed by atoms with van der Waals surface area (Å²) in [6, 6.07) is 20.4. The van der Waals surface area contributed by atoms with Gasteiger partial charge in [-0.25, -0.2) is 5.43 Å². The van der Waals surface area contributed by atoms with Crippen LogP contribution in [0.4, 0.5) is 0 Å². The lowest BCUT2D eigenvalue weighted by Gasteiger charge is -2.28. The number of carbonyl (C=O) groups is 1. The normalized spacial score (nSPS) is 14.5. The molecule has 2 heterocycles. The third kappa shape index (κ3) is 4.38. The molecule has 0 saturated carbocycles. The van der Waals surface area contributed by atoms with E-state index < -0.39 is 0 Å². The number of fused-ring (bicyclic) bond motifs is 1. The fourth-order valence-corrected chi connectivity index (χ4v) is 4.12. The summed E-state index contributed by atoms with van der Waals surface area (Å²) in [7, 11) is 0. The van der Waals surface area contributed by atoms with Crippen molar-refractivity contribution in [3.63, 3.8) is 0 Å². The summed E-state index contributed by atoms with van der Waals surface area (Å²) in [6.07, 6.45) is 1.10. The minimum absolute atomic E-state index is 0.186. The molecule has 0 fully saturated rings. The summed E-state index contributed by atoms with van der Waals surface area (Å²) < 4.78 is 0. The lowest BCUT2D eigenvalue weighted by Crippen LogP contribution is -2.30. The lowest BCUT2D eigenvalue weighted by molar-refractivity contribution is 0.0955. The number of hydrogen-bond donors (Lipinski definition) is 1. The van der Waals surface area contributed by atoms with Crippen LogP contribution in [0.5, 0.6) is 0 Å². The Balaban J connectivity index is 1.35. The molecule has 0 aliphatic carbocycles. The monoisotopic (exact) mass is 389 g/mol. The molecule has 1 N–H and O–H groups in total. The number of hydrogen-bond acceptors (Lipinski definition) is 4. The fraction of sp³-hybridized carbons (Fsp3) is 0.217. The number of hydrazone groups is 1. The van der Waals surface area contributed by atoms with E-state index in [1.165, 1.54) is 16.7 Å². The first-order chi connectivity index (χ1) is 13.7. The molecule has 0 unspecified atom stereocenters. The number of nitrogens with zero attached hydrogens (tertiary/aromatic N) is 2. The molecular weight excluding hydrogens is 366 g/mol. The maximum atomic E-state index is 12.3. The molecule has 0 bridgehead atoms. The topological polar surface area (TPSA) is 44.7 Å². The van der Waals surface area contributed by atoms with Crippen LogP contribution in [0.3, 0.4) is 0 Å². The third-order valence-corrected chi connectivity index (χ3v) is 6.01. The van der Waals surface area contributed by atoms with Crippen LogP contribution in [-0.2, 0) is 19.5 Å². The van der Waals surface area contributed by atoms with Crippen molar-refractivity contribution in [2.45, 2.75) is 26.4 Å². The lowest BCUT2D eigenvalue weighted by atomic mass is 9.99. The van der Waals surface area contributed by atoms with Gasteiger partial charge in [-0.05, 0) is 53.6 Å². The second-order valence-corrected chi connectivity index (χ2v) is 7.99. The first-order valence-corrected chi connectivity index (χ1v) is 10.3. The van der Waals surface area contributed by atoms with Gasteiger partial charge in [0, 0.05) is 30.1 Å². The van der Waals surface area contributed by atoms with Crippen molar-refractivity contribution >= 4 is 23.0 Å². The van der Waals surface area contributed by atoms with Gasteiger partial charge in [-0.15, -0.1) is 11.3 Å². The average Bonchev–Trinajstić information content (AvgIpc) is 3.27.